The van der Waals surface area contributed by atoms with Gasteiger partial charge in [-0.2, -0.15) is 0 Å². The monoisotopic (exact) mass is 492 g/mol. The van der Waals surface area contributed by atoms with Crippen LogP contribution in [0.4, 0.5) is 4.39 Å². The summed E-state index contributed by atoms with van der Waals surface area (Å²) in [5.41, 5.74) is 3.62. The van der Waals surface area contributed by atoms with Gasteiger partial charge in [0.15, 0.2) is 0 Å². The highest BCUT2D eigenvalue weighted by atomic mass is 79.9. The summed E-state index contributed by atoms with van der Waals surface area (Å²) in [5, 5.41) is 4.67. The van der Waals surface area contributed by atoms with E-state index in [9.17, 15) is 4.39 Å². The van der Waals surface area contributed by atoms with Crippen LogP contribution in [-0.2, 0) is 12.8 Å². The number of benzene rings is 4. The SMILES string of the molecule is COc1cccc2c1c(OC)cc1c3c(ccc12)[C@H](CCc1ccc(Br)cc1F)CCC3. The predicted octanol–water partition coefficient (Wildman–Crippen LogP) is 7.96. The van der Waals surface area contributed by atoms with Crippen molar-refractivity contribution in [2.45, 2.75) is 38.0 Å². The molecule has 2 nitrogen and oxygen atoms in total. The van der Waals surface area contributed by atoms with Crippen molar-refractivity contribution >= 4 is 37.5 Å². The lowest BCUT2D eigenvalue weighted by atomic mass is 9.77. The van der Waals surface area contributed by atoms with Gasteiger partial charge in [-0.15, -0.1) is 0 Å². The topological polar surface area (TPSA) is 18.5 Å². The fraction of sp³-hybridized carbons (Fsp3) is 0.286. The molecule has 0 N–H and O–H groups in total. The third kappa shape index (κ3) is 3.65. The highest BCUT2D eigenvalue weighted by molar-refractivity contribution is 9.10. The van der Waals surface area contributed by atoms with Gasteiger partial charge in [-0.25, -0.2) is 4.39 Å². The summed E-state index contributed by atoms with van der Waals surface area (Å²) < 4.78 is 26.6. The van der Waals surface area contributed by atoms with Crippen LogP contribution in [0.25, 0.3) is 21.5 Å². The van der Waals surface area contributed by atoms with Gasteiger partial charge >= 0.3 is 0 Å². The Bertz CT molecular complexity index is 1310. The van der Waals surface area contributed by atoms with Gasteiger partial charge in [0.05, 0.1) is 19.6 Å². The molecule has 1 aliphatic rings. The molecule has 0 unspecified atom stereocenters. The summed E-state index contributed by atoms with van der Waals surface area (Å²) in [6, 6.07) is 18.3. The Hall–Kier alpha value is -2.59. The van der Waals surface area contributed by atoms with E-state index in [-0.39, 0.29) is 5.82 Å². The molecule has 4 aromatic carbocycles. The van der Waals surface area contributed by atoms with Gasteiger partial charge in [0.2, 0.25) is 0 Å². The zero-order valence-electron chi connectivity index (χ0n) is 18.4. The fourth-order valence-corrected chi connectivity index (χ4v) is 5.65. The van der Waals surface area contributed by atoms with Gasteiger partial charge in [-0.05, 0) is 95.1 Å². The lowest BCUT2D eigenvalue weighted by Gasteiger charge is -2.27. The average molecular weight is 493 g/mol. The van der Waals surface area contributed by atoms with Crippen molar-refractivity contribution < 1.29 is 13.9 Å². The summed E-state index contributed by atoms with van der Waals surface area (Å²) in [4.78, 5) is 0. The first-order chi connectivity index (χ1) is 15.6. The second kappa shape index (κ2) is 8.74. The van der Waals surface area contributed by atoms with Crippen LogP contribution in [0.3, 0.4) is 0 Å². The van der Waals surface area contributed by atoms with E-state index in [0.29, 0.717) is 5.92 Å². The molecule has 0 amide bonds. The van der Waals surface area contributed by atoms with Crippen molar-refractivity contribution in [3.05, 3.63) is 81.6 Å². The molecule has 5 rings (SSSR count). The number of hydrogen-bond donors (Lipinski definition) is 0. The Morgan fingerprint density at radius 3 is 2.56 bits per heavy atom. The van der Waals surface area contributed by atoms with E-state index in [1.165, 1.54) is 21.9 Å². The molecule has 0 bridgehead atoms. The van der Waals surface area contributed by atoms with Crippen molar-refractivity contribution in [1.82, 2.24) is 0 Å². The largest absolute Gasteiger partial charge is 0.496 e. The first kappa shape index (κ1) is 21.3. The number of hydrogen-bond acceptors (Lipinski definition) is 2. The maximum atomic E-state index is 14.3. The predicted molar refractivity (Wildman–Crippen MR) is 133 cm³/mol. The molecule has 0 saturated carbocycles. The van der Waals surface area contributed by atoms with Gasteiger partial charge in [0, 0.05) is 4.47 Å². The van der Waals surface area contributed by atoms with E-state index in [1.54, 1.807) is 20.3 Å². The minimum Gasteiger partial charge on any atom is -0.496 e. The fourth-order valence-electron chi connectivity index (χ4n) is 5.32. The molecule has 164 valence electrons. The van der Waals surface area contributed by atoms with E-state index in [0.717, 1.165) is 64.4 Å². The van der Waals surface area contributed by atoms with Crippen molar-refractivity contribution in [3.63, 3.8) is 0 Å². The molecule has 0 radical (unpaired) electrons. The van der Waals surface area contributed by atoms with E-state index in [2.05, 4.69) is 40.2 Å². The van der Waals surface area contributed by atoms with E-state index in [4.69, 9.17) is 9.47 Å². The second-order valence-corrected chi connectivity index (χ2v) is 9.47. The molecule has 4 aromatic rings. The molecule has 0 heterocycles. The number of methoxy groups -OCH3 is 2. The third-order valence-corrected chi connectivity index (χ3v) is 7.36. The first-order valence-corrected chi connectivity index (χ1v) is 11.9. The van der Waals surface area contributed by atoms with Crippen LogP contribution in [-0.4, -0.2) is 14.2 Å². The smallest absolute Gasteiger partial charge is 0.131 e. The van der Waals surface area contributed by atoms with Crippen LogP contribution in [0.15, 0.2) is 59.1 Å². The average Bonchev–Trinajstić information content (AvgIpc) is 2.82. The molecular weight excluding hydrogens is 467 g/mol. The highest BCUT2D eigenvalue weighted by Crippen LogP contribution is 2.44. The van der Waals surface area contributed by atoms with Gasteiger partial charge < -0.3 is 9.47 Å². The molecule has 0 aliphatic heterocycles. The van der Waals surface area contributed by atoms with Crippen molar-refractivity contribution in [2.24, 2.45) is 0 Å². The second-order valence-electron chi connectivity index (χ2n) is 8.55. The van der Waals surface area contributed by atoms with Crippen molar-refractivity contribution in [1.29, 1.82) is 0 Å². The molecule has 0 fully saturated rings. The van der Waals surface area contributed by atoms with Gasteiger partial charge in [0.25, 0.3) is 0 Å². The first-order valence-electron chi connectivity index (χ1n) is 11.1. The molecule has 32 heavy (non-hydrogen) atoms. The maximum absolute atomic E-state index is 14.3. The van der Waals surface area contributed by atoms with Crippen LogP contribution in [0, 0.1) is 5.82 Å². The summed E-state index contributed by atoms with van der Waals surface area (Å²) in [6.07, 6.45) is 5.07. The van der Waals surface area contributed by atoms with Crippen molar-refractivity contribution in [2.75, 3.05) is 14.2 Å². The van der Waals surface area contributed by atoms with Crippen LogP contribution in [0.2, 0.25) is 0 Å². The molecule has 4 heteroatoms. The van der Waals surface area contributed by atoms with E-state index >= 15 is 0 Å². The van der Waals surface area contributed by atoms with Gasteiger partial charge in [-0.1, -0.05) is 46.3 Å². The van der Waals surface area contributed by atoms with Crippen LogP contribution in [0.5, 0.6) is 11.5 Å². The summed E-state index contributed by atoms with van der Waals surface area (Å²) in [7, 11) is 3.42. The highest BCUT2D eigenvalue weighted by Gasteiger charge is 2.24. The van der Waals surface area contributed by atoms with Crippen LogP contribution >= 0.6 is 15.9 Å². The summed E-state index contributed by atoms with van der Waals surface area (Å²) in [6.45, 7) is 0. The minimum absolute atomic E-state index is 0.126. The Morgan fingerprint density at radius 1 is 0.938 bits per heavy atom. The Balaban J connectivity index is 1.58. The summed E-state index contributed by atoms with van der Waals surface area (Å²) >= 11 is 3.35. The normalized spacial score (nSPS) is 15.7. The Labute approximate surface area is 196 Å². The number of aryl methyl sites for hydroxylation is 2. The number of halogens is 2. The number of rotatable bonds is 5. The zero-order valence-corrected chi connectivity index (χ0v) is 20.0. The van der Waals surface area contributed by atoms with E-state index in [1.807, 2.05) is 24.3 Å². The molecule has 1 atom stereocenters. The molecular formula is C28H26BrFO2. The molecule has 0 saturated heterocycles. The Kier molecular flexibility index (Phi) is 5.81. The third-order valence-electron chi connectivity index (χ3n) is 6.87. The molecule has 0 aromatic heterocycles. The lowest BCUT2D eigenvalue weighted by Crippen LogP contribution is -2.12. The number of ether oxygens (including phenoxy) is 2. The van der Waals surface area contributed by atoms with Gasteiger partial charge in [-0.3, -0.25) is 0 Å². The Morgan fingerprint density at radius 2 is 1.78 bits per heavy atom. The minimum atomic E-state index is -0.126. The maximum Gasteiger partial charge on any atom is 0.131 e. The lowest BCUT2D eigenvalue weighted by molar-refractivity contribution is 0.405. The van der Waals surface area contributed by atoms with Gasteiger partial charge in [0.1, 0.15) is 17.3 Å². The summed E-state index contributed by atoms with van der Waals surface area (Å²) in [5.74, 6) is 1.99. The van der Waals surface area contributed by atoms with Crippen LogP contribution < -0.4 is 9.47 Å². The number of fused-ring (bicyclic) bond motifs is 5. The molecule has 0 spiro atoms. The molecule has 1 aliphatic carbocycles. The van der Waals surface area contributed by atoms with E-state index < -0.39 is 0 Å². The zero-order chi connectivity index (χ0) is 22.2. The van der Waals surface area contributed by atoms with Crippen molar-refractivity contribution in [3.8, 4) is 11.5 Å². The quantitative estimate of drug-likeness (QED) is 0.263. The standard InChI is InChI=1S/C28H26BrFO2/c1-31-26-8-4-7-23-22-14-13-20-17(9-10-18-11-12-19(29)15-25(18)30)5-3-6-21(20)24(22)16-27(32-2)28(23)26/h4,7-8,11-17H,3,5-6,9-10H2,1-2H3/t17-/m0/s1. The van der Waals surface area contributed by atoms with Crippen LogP contribution in [0.1, 0.15) is 41.9 Å².